The second-order valence-electron chi connectivity index (χ2n) is 7.48. The maximum atomic E-state index is 13.4. The lowest BCUT2D eigenvalue weighted by atomic mass is 10.0. The van der Waals surface area contributed by atoms with Crippen molar-refractivity contribution < 1.29 is 4.79 Å². The summed E-state index contributed by atoms with van der Waals surface area (Å²) in [6, 6.07) is 10.9. The van der Waals surface area contributed by atoms with Crippen LogP contribution in [0.15, 0.2) is 30.3 Å². The van der Waals surface area contributed by atoms with Crippen LogP contribution >= 0.6 is 0 Å². The van der Waals surface area contributed by atoms with Crippen LogP contribution in [0.5, 0.6) is 0 Å². The highest BCUT2D eigenvalue weighted by Crippen LogP contribution is 2.24. The first-order valence-electron chi connectivity index (χ1n) is 9.10. The Morgan fingerprint density at radius 1 is 1.08 bits per heavy atom. The average molecular weight is 339 g/mol. The molecular formula is C21H29N3O. The van der Waals surface area contributed by atoms with Crippen molar-refractivity contribution in [1.29, 1.82) is 0 Å². The molecule has 4 nitrogen and oxygen atoms in total. The van der Waals surface area contributed by atoms with Gasteiger partial charge in [-0.2, -0.15) is 0 Å². The Morgan fingerprint density at radius 3 is 2.40 bits per heavy atom. The van der Waals surface area contributed by atoms with E-state index < -0.39 is 0 Å². The Morgan fingerprint density at radius 2 is 1.76 bits per heavy atom. The minimum absolute atomic E-state index is 0.151. The fraction of sp³-hybridized carbons (Fsp3) is 0.476. The van der Waals surface area contributed by atoms with E-state index in [0.717, 1.165) is 54.1 Å². The number of hydrogen-bond acceptors (Lipinski definition) is 2. The van der Waals surface area contributed by atoms with Crippen molar-refractivity contribution in [3.8, 4) is 5.69 Å². The van der Waals surface area contributed by atoms with Gasteiger partial charge in [-0.3, -0.25) is 4.79 Å². The van der Waals surface area contributed by atoms with Gasteiger partial charge in [0.1, 0.15) is 0 Å². The first-order chi connectivity index (χ1) is 11.9. The minimum atomic E-state index is 0.151. The molecule has 25 heavy (non-hydrogen) atoms. The van der Waals surface area contributed by atoms with Gasteiger partial charge in [0.05, 0.1) is 11.3 Å². The van der Waals surface area contributed by atoms with Crippen LogP contribution in [-0.4, -0.2) is 53.5 Å². The third kappa shape index (κ3) is 3.49. The summed E-state index contributed by atoms with van der Waals surface area (Å²) >= 11 is 0. The van der Waals surface area contributed by atoms with E-state index in [1.54, 1.807) is 0 Å². The molecule has 3 rings (SSSR count). The first-order valence-corrected chi connectivity index (χ1v) is 9.10. The Labute approximate surface area is 151 Å². The largest absolute Gasteiger partial charge is 0.337 e. The summed E-state index contributed by atoms with van der Waals surface area (Å²) < 4.78 is 2.18. The van der Waals surface area contributed by atoms with E-state index in [1.165, 1.54) is 0 Å². The predicted octanol–water partition coefficient (Wildman–Crippen LogP) is 3.57. The number of benzene rings is 1. The van der Waals surface area contributed by atoms with Gasteiger partial charge in [-0.15, -0.1) is 0 Å². The lowest BCUT2D eigenvalue weighted by Gasteiger charge is -2.36. The second kappa shape index (κ2) is 7.04. The molecule has 0 saturated carbocycles. The zero-order valence-corrected chi connectivity index (χ0v) is 16.0. The van der Waals surface area contributed by atoms with E-state index in [9.17, 15) is 4.79 Å². The predicted molar refractivity (Wildman–Crippen MR) is 103 cm³/mol. The van der Waals surface area contributed by atoms with Gasteiger partial charge in [-0.05, 0) is 72.0 Å². The fourth-order valence-corrected chi connectivity index (χ4v) is 3.80. The fourth-order valence-electron chi connectivity index (χ4n) is 3.80. The molecule has 1 amide bonds. The summed E-state index contributed by atoms with van der Waals surface area (Å²) in [6.45, 7) is 7.88. The highest BCUT2D eigenvalue weighted by molar-refractivity contribution is 5.98. The molecule has 2 aromatic rings. The Bertz CT molecular complexity index is 756. The first kappa shape index (κ1) is 17.7. The molecule has 0 N–H and O–H groups in total. The standard InChI is InChI=1S/C21H29N3O/c1-15-8-11-20(24-16(2)9-10-17(24)3)19(13-15)21(25)23-12-6-7-18(14-23)22(4)5/h8-11,13,18H,6-7,12,14H2,1-5H3. The molecule has 1 aliphatic heterocycles. The number of aryl methyl sites for hydroxylation is 3. The summed E-state index contributed by atoms with van der Waals surface area (Å²) in [5, 5.41) is 0. The van der Waals surface area contributed by atoms with Crippen molar-refractivity contribution in [1.82, 2.24) is 14.4 Å². The van der Waals surface area contributed by atoms with E-state index in [1.807, 2.05) is 11.0 Å². The summed E-state index contributed by atoms with van der Waals surface area (Å²) in [4.78, 5) is 17.6. The lowest BCUT2D eigenvalue weighted by molar-refractivity contribution is 0.0635. The molecule has 1 aromatic heterocycles. The average Bonchev–Trinajstić information content (AvgIpc) is 2.93. The number of likely N-dealkylation sites (tertiary alicyclic amines) is 1. The molecule has 0 bridgehead atoms. The van der Waals surface area contributed by atoms with Gasteiger partial charge in [-0.1, -0.05) is 11.6 Å². The highest BCUT2D eigenvalue weighted by atomic mass is 16.2. The van der Waals surface area contributed by atoms with Crippen LogP contribution in [-0.2, 0) is 0 Å². The van der Waals surface area contributed by atoms with Crippen LogP contribution in [0, 0.1) is 20.8 Å². The zero-order valence-electron chi connectivity index (χ0n) is 16.0. The number of carbonyl (C=O) groups is 1. The Hall–Kier alpha value is -2.07. The smallest absolute Gasteiger partial charge is 0.256 e. The molecule has 1 aromatic carbocycles. The van der Waals surface area contributed by atoms with E-state index in [0.29, 0.717) is 6.04 Å². The summed E-state index contributed by atoms with van der Waals surface area (Å²) in [5.41, 5.74) is 5.22. The zero-order chi connectivity index (χ0) is 18.1. The van der Waals surface area contributed by atoms with Crippen molar-refractivity contribution in [3.05, 3.63) is 52.8 Å². The molecule has 2 heterocycles. The molecular weight excluding hydrogens is 310 g/mol. The van der Waals surface area contributed by atoms with Gasteiger partial charge in [-0.25, -0.2) is 0 Å². The number of aromatic nitrogens is 1. The van der Waals surface area contributed by atoms with E-state index in [4.69, 9.17) is 0 Å². The van der Waals surface area contributed by atoms with Gasteiger partial charge in [0.2, 0.25) is 0 Å². The van der Waals surface area contributed by atoms with Gasteiger partial charge < -0.3 is 14.4 Å². The number of piperidine rings is 1. The van der Waals surface area contributed by atoms with Crippen molar-refractivity contribution in [2.24, 2.45) is 0 Å². The molecule has 1 aliphatic rings. The summed E-state index contributed by atoms with van der Waals surface area (Å²) in [5.74, 6) is 0.151. The number of hydrogen-bond donors (Lipinski definition) is 0. The molecule has 0 aliphatic carbocycles. The third-order valence-electron chi connectivity index (χ3n) is 5.31. The number of rotatable bonds is 3. The maximum absolute atomic E-state index is 13.4. The van der Waals surface area contributed by atoms with Gasteiger partial charge >= 0.3 is 0 Å². The topological polar surface area (TPSA) is 28.5 Å². The molecule has 0 radical (unpaired) electrons. The van der Waals surface area contributed by atoms with Crippen LogP contribution in [0.4, 0.5) is 0 Å². The van der Waals surface area contributed by atoms with Crippen LogP contribution in [0.3, 0.4) is 0 Å². The Kier molecular flexibility index (Phi) is 5.00. The molecule has 4 heteroatoms. The van der Waals surface area contributed by atoms with E-state index >= 15 is 0 Å². The molecule has 1 fully saturated rings. The van der Waals surface area contributed by atoms with Crippen molar-refractivity contribution in [2.75, 3.05) is 27.2 Å². The molecule has 1 saturated heterocycles. The van der Waals surface area contributed by atoms with Crippen molar-refractivity contribution >= 4 is 5.91 Å². The van der Waals surface area contributed by atoms with E-state index in [-0.39, 0.29) is 5.91 Å². The van der Waals surface area contributed by atoms with Crippen LogP contribution in [0.25, 0.3) is 5.69 Å². The SMILES string of the molecule is Cc1ccc(-n2c(C)ccc2C)c(C(=O)N2CCCC(N(C)C)C2)c1. The third-order valence-corrected chi connectivity index (χ3v) is 5.31. The van der Waals surface area contributed by atoms with Gasteiger partial charge in [0.25, 0.3) is 5.91 Å². The quantitative estimate of drug-likeness (QED) is 0.855. The monoisotopic (exact) mass is 339 g/mol. The van der Waals surface area contributed by atoms with Crippen molar-refractivity contribution in [2.45, 2.75) is 39.7 Å². The van der Waals surface area contributed by atoms with Crippen LogP contribution < -0.4 is 0 Å². The molecule has 0 spiro atoms. The number of amides is 1. The van der Waals surface area contributed by atoms with Gasteiger partial charge in [0, 0.05) is 30.5 Å². The number of likely N-dealkylation sites (N-methyl/N-ethyl adjacent to an activating group) is 1. The minimum Gasteiger partial charge on any atom is -0.337 e. The molecule has 1 atom stereocenters. The lowest BCUT2D eigenvalue weighted by Crippen LogP contribution is -2.47. The molecule has 1 unspecified atom stereocenters. The Balaban J connectivity index is 1.99. The highest BCUT2D eigenvalue weighted by Gasteiger charge is 2.27. The normalized spacial score (nSPS) is 18.0. The van der Waals surface area contributed by atoms with Gasteiger partial charge in [0.15, 0.2) is 0 Å². The maximum Gasteiger partial charge on any atom is 0.256 e. The summed E-state index contributed by atoms with van der Waals surface area (Å²) in [7, 11) is 4.20. The number of carbonyl (C=O) groups excluding carboxylic acids is 1. The summed E-state index contributed by atoms with van der Waals surface area (Å²) in [6.07, 6.45) is 2.23. The number of nitrogens with zero attached hydrogens (tertiary/aromatic N) is 3. The van der Waals surface area contributed by atoms with Crippen LogP contribution in [0.1, 0.15) is 40.2 Å². The second-order valence-corrected chi connectivity index (χ2v) is 7.48. The van der Waals surface area contributed by atoms with Crippen molar-refractivity contribution in [3.63, 3.8) is 0 Å². The van der Waals surface area contributed by atoms with Crippen LogP contribution in [0.2, 0.25) is 0 Å². The van der Waals surface area contributed by atoms with E-state index in [2.05, 4.69) is 68.6 Å². The molecule has 134 valence electrons.